The van der Waals surface area contributed by atoms with Crippen molar-refractivity contribution in [1.29, 1.82) is 0 Å². The molecule has 2 saturated heterocycles. The maximum atomic E-state index is 11.7. The Morgan fingerprint density at radius 2 is 2.05 bits per heavy atom. The van der Waals surface area contributed by atoms with Gasteiger partial charge in [0, 0.05) is 13.5 Å². The zero-order valence-electron chi connectivity index (χ0n) is 10.7. The molecule has 0 aromatic carbocycles. The fourth-order valence-electron chi connectivity index (χ4n) is 2.51. The van der Waals surface area contributed by atoms with Gasteiger partial charge in [0.2, 0.25) is 0 Å². The average molecular weight is 278 g/mol. The lowest BCUT2D eigenvalue weighted by molar-refractivity contribution is -0.258. The average Bonchev–Trinajstić information content (AvgIpc) is 2.82. The van der Waals surface area contributed by atoms with Gasteiger partial charge < -0.3 is 34.3 Å². The maximum Gasteiger partial charge on any atom is 0.366 e. The fraction of sp³-hybridized carbons (Fsp3) is 0.909. The first-order valence-corrected chi connectivity index (χ1v) is 5.93. The molecule has 0 aromatic rings. The smallest absolute Gasteiger partial charge is 0.366 e. The highest BCUT2D eigenvalue weighted by molar-refractivity contribution is 5.78. The first kappa shape index (κ1) is 14.6. The molecule has 3 N–H and O–H groups in total. The largest absolute Gasteiger partial charge is 0.465 e. The van der Waals surface area contributed by atoms with Crippen LogP contribution in [-0.2, 0) is 23.7 Å². The molecule has 0 bridgehead atoms. The molecule has 1 unspecified atom stereocenters. The third kappa shape index (κ3) is 2.24. The molecular formula is C11H18O8. The molecule has 2 aliphatic rings. The Labute approximate surface area is 109 Å². The SMILES string of the molecule is COC(=O)C1(OC)C[C@@H]2O[C@H](CO)[C@@H](O)[C@H](O)[C@@H]2O1. The Balaban J connectivity index is 2.21. The topological polar surface area (TPSA) is 115 Å². The number of aliphatic hydroxyl groups is 3. The molecule has 19 heavy (non-hydrogen) atoms. The number of methoxy groups -OCH3 is 2. The molecule has 0 aliphatic carbocycles. The quantitative estimate of drug-likeness (QED) is 0.497. The molecule has 6 atom stereocenters. The Bertz CT molecular complexity index is 348. The van der Waals surface area contributed by atoms with Gasteiger partial charge in [-0.15, -0.1) is 0 Å². The minimum absolute atomic E-state index is 0.0150. The molecule has 2 fully saturated rings. The molecule has 110 valence electrons. The minimum atomic E-state index is -1.66. The van der Waals surface area contributed by atoms with Crippen molar-refractivity contribution in [3.63, 3.8) is 0 Å². The van der Waals surface area contributed by atoms with Gasteiger partial charge >= 0.3 is 5.97 Å². The summed E-state index contributed by atoms with van der Waals surface area (Å²) >= 11 is 0. The molecular weight excluding hydrogens is 260 g/mol. The van der Waals surface area contributed by atoms with E-state index >= 15 is 0 Å². The predicted octanol–water partition coefficient (Wildman–Crippen LogP) is -2.23. The van der Waals surface area contributed by atoms with Crippen LogP contribution in [0, 0.1) is 0 Å². The van der Waals surface area contributed by atoms with Crippen LogP contribution >= 0.6 is 0 Å². The summed E-state index contributed by atoms with van der Waals surface area (Å²) in [6.45, 7) is -0.445. The van der Waals surface area contributed by atoms with Gasteiger partial charge in [0.05, 0.1) is 19.8 Å². The predicted molar refractivity (Wildman–Crippen MR) is 59.0 cm³/mol. The Hall–Kier alpha value is -0.770. The van der Waals surface area contributed by atoms with Crippen molar-refractivity contribution in [2.24, 2.45) is 0 Å². The second-order valence-corrected chi connectivity index (χ2v) is 4.61. The van der Waals surface area contributed by atoms with E-state index < -0.39 is 48.9 Å². The van der Waals surface area contributed by atoms with Crippen LogP contribution in [0.5, 0.6) is 0 Å². The van der Waals surface area contributed by atoms with Crippen molar-refractivity contribution >= 4 is 5.97 Å². The summed E-state index contributed by atoms with van der Waals surface area (Å²) in [7, 11) is 2.47. The Morgan fingerprint density at radius 1 is 1.37 bits per heavy atom. The summed E-state index contributed by atoms with van der Waals surface area (Å²) in [6, 6.07) is 0. The van der Waals surface area contributed by atoms with Crippen molar-refractivity contribution in [3.8, 4) is 0 Å². The number of aliphatic hydroxyl groups excluding tert-OH is 3. The molecule has 0 saturated carbocycles. The van der Waals surface area contributed by atoms with Crippen LogP contribution in [0.4, 0.5) is 0 Å². The number of esters is 1. The molecule has 0 aromatic heterocycles. The summed E-state index contributed by atoms with van der Waals surface area (Å²) in [5, 5.41) is 28.8. The zero-order valence-corrected chi connectivity index (χ0v) is 10.7. The van der Waals surface area contributed by atoms with E-state index in [4.69, 9.17) is 19.3 Å². The van der Waals surface area contributed by atoms with Crippen molar-refractivity contribution in [2.75, 3.05) is 20.8 Å². The number of hydrogen-bond donors (Lipinski definition) is 3. The maximum absolute atomic E-state index is 11.7. The molecule has 2 aliphatic heterocycles. The monoisotopic (exact) mass is 278 g/mol. The number of fused-ring (bicyclic) bond motifs is 1. The lowest BCUT2D eigenvalue weighted by atomic mass is 9.94. The molecule has 2 heterocycles. The van der Waals surface area contributed by atoms with E-state index in [1.165, 1.54) is 14.2 Å². The Kier molecular flexibility index (Phi) is 4.09. The summed E-state index contributed by atoms with van der Waals surface area (Å²) in [4.78, 5) is 11.7. The normalized spacial score (nSPS) is 45.8. The Morgan fingerprint density at radius 3 is 2.58 bits per heavy atom. The van der Waals surface area contributed by atoms with Gasteiger partial charge in [-0.25, -0.2) is 4.79 Å². The molecule has 0 radical (unpaired) electrons. The van der Waals surface area contributed by atoms with E-state index in [-0.39, 0.29) is 6.42 Å². The van der Waals surface area contributed by atoms with E-state index in [0.29, 0.717) is 0 Å². The van der Waals surface area contributed by atoms with Crippen LogP contribution < -0.4 is 0 Å². The first-order valence-electron chi connectivity index (χ1n) is 5.93. The highest BCUT2D eigenvalue weighted by atomic mass is 16.7. The van der Waals surface area contributed by atoms with E-state index in [1.54, 1.807) is 0 Å². The molecule has 0 spiro atoms. The van der Waals surface area contributed by atoms with Crippen molar-refractivity contribution < 1.29 is 39.1 Å². The minimum Gasteiger partial charge on any atom is -0.465 e. The number of rotatable bonds is 3. The summed E-state index contributed by atoms with van der Waals surface area (Å²) < 4.78 is 20.5. The lowest BCUT2D eigenvalue weighted by Gasteiger charge is -2.38. The number of ether oxygens (including phenoxy) is 4. The third-order valence-electron chi connectivity index (χ3n) is 3.59. The van der Waals surface area contributed by atoms with Crippen molar-refractivity contribution in [1.82, 2.24) is 0 Å². The first-order chi connectivity index (χ1) is 8.99. The highest BCUT2D eigenvalue weighted by Gasteiger charge is 2.60. The number of carbonyl (C=O) groups is 1. The van der Waals surface area contributed by atoms with Gasteiger partial charge in [0.25, 0.3) is 5.79 Å². The van der Waals surface area contributed by atoms with Crippen molar-refractivity contribution in [3.05, 3.63) is 0 Å². The fourth-order valence-corrected chi connectivity index (χ4v) is 2.51. The van der Waals surface area contributed by atoms with Crippen LogP contribution in [0.3, 0.4) is 0 Å². The molecule has 2 rings (SSSR count). The van der Waals surface area contributed by atoms with Gasteiger partial charge in [0.1, 0.15) is 24.4 Å². The molecule has 0 amide bonds. The van der Waals surface area contributed by atoms with Crippen LogP contribution in [0.25, 0.3) is 0 Å². The standard InChI is InChI=1S/C11H18O8/c1-16-10(15)11(17-2)3-5-9(19-11)8(14)7(13)6(4-12)18-5/h5-9,12-14H,3-4H2,1-2H3/t5-,6+,7+,8-,9+,11?/m0/s1. The summed E-state index contributed by atoms with van der Waals surface area (Å²) in [5.74, 6) is -2.40. The van der Waals surface area contributed by atoms with Gasteiger partial charge in [0.15, 0.2) is 0 Å². The lowest BCUT2D eigenvalue weighted by Crippen LogP contribution is -2.57. The second-order valence-electron chi connectivity index (χ2n) is 4.61. The highest BCUT2D eigenvalue weighted by Crippen LogP contribution is 2.40. The molecule has 8 heteroatoms. The second kappa shape index (κ2) is 5.31. The zero-order chi connectivity index (χ0) is 14.2. The van der Waals surface area contributed by atoms with E-state index in [2.05, 4.69) is 4.74 Å². The molecule has 8 nitrogen and oxygen atoms in total. The van der Waals surface area contributed by atoms with Crippen molar-refractivity contribution in [2.45, 2.75) is 42.7 Å². The summed E-state index contributed by atoms with van der Waals surface area (Å²) in [6.07, 6.45) is -5.08. The third-order valence-corrected chi connectivity index (χ3v) is 3.59. The van der Waals surface area contributed by atoms with Gasteiger partial charge in [-0.2, -0.15) is 0 Å². The number of hydrogen-bond acceptors (Lipinski definition) is 8. The van der Waals surface area contributed by atoms with Gasteiger partial charge in [-0.05, 0) is 0 Å². The van der Waals surface area contributed by atoms with Crippen LogP contribution in [-0.4, -0.2) is 78.4 Å². The number of carbonyl (C=O) groups excluding carboxylic acids is 1. The van der Waals surface area contributed by atoms with Gasteiger partial charge in [-0.3, -0.25) is 0 Å². The van der Waals surface area contributed by atoms with Gasteiger partial charge in [-0.1, -0.05) is 0 Å². The van der Waals surface area contributed by atoms with Crippen LogP contribution in [0.2, 0.25) is 0 Å². The van der Waals surface area contributed by atoms with E-state index in [0.717, 1.165) is 0 Å². The van der Waals surface area contributed by atoms with Crippen LogP contribution in [0.15, 0.2) is 0 Å². The van der Waals surface area contributed by atoms with E-state index in [9.17, 15) is 15.0 Å². The van der Waals surface area contributed by atoms with E-state index in [1.807, 2.05) is 0 Å². The summed E-state index contributed by atoms with van der Waals surface area (Å²) in [5.41, 5.74) is 0. The van der Waals surface area contributed by atoms with Crippen LogP contribution in [0.1, 0.15) is 6.42 Å².